The maximum Gasteiger partial charge on any atom is 0.303 e. The van der Waals surface area contributed by atoms with Crippen molar-refractivity contribution in [3.63, 3.8) is 0 Å². The summed E-state index contributed by atoms with van der Waals surface area (Å²) in [7, 11) is 2.17. The van der Waals surface area contributed by atoms with Gasteiger partial charge in [0.15, 0.2) is 0 Å². The lowest BCUT2D eigenvalue weighted by Gasteiger charge is -2.34. The molecule has 0 radical (unpaired) electrons. The lowest BCUT2D eigenvalue weighted by atomic mass is 10.2. The molecule has 2 aromatic heterocycles. The molecule has 0 saturated carbocycles. The fourth-order valence-corrected chi connectivity index (χ4v) is 4.81. The van der Waals surface area contributed by atoms with Crippen molar-refractivity contribution in [3.05, 3.63) is 60.7 Å². The fourth-order valence-electron chi connectivity index (χ4n) is 4.81. The van der Waals surface area contributed by atoms with Gasteiger partial charge in [-0.05, 0) is 74.1 Å². The molecule has 9 nitrogen and oxygen atoms in total. The summed E-state index contributed by atoms with van der Waals surface area (Å²) in [6.07, 6.45) is 0.580. The number of aliphatic carboxylic acids is 1. The van der Waals surface area contributed by atoms with Crippen LogP contribution in [-0.4, -0.2) is 75.7 Å². The van der Waals surface area contributed by atoms with Crippen LogP contribution in [0.3, 0.4) is 0 Å². The summed E-state index contributed by atoms with van der Waals surface area (Å²) in [5, 5.41) is 8.74. The summed E-state index contributed by atoms with van der Waals surface area (Å²) in [5.74, 6) is 1.50. The number of nitrogens with zero attached hydrogens (tertiary/aromatic N) is 4. The molecule has 1 saturated heterocycles. The van der Waals surface area contributed by atoms with Gasteiger partial charge in [-0.3, -0.25) is 4.79 Å². The van der Waals surface area contributed by atoms with Crippen molar-refractivity contribution in [1.29, 1.82) is 0 Å². The van der Waals surface area contributed by atoms with Gasteiger partial charge in [0.05, 0.1) is 28.7 Å². The number of benzene rings is 3. The topological polar surface area (TPSA) is 110 Å². The third kappa shape index (κ3) is 5.05. The molecule has 9 heteroatoms. The quantitative estimate of drug-likeness (QED) is 0.258. The highest BCUT2D eigenvalue weighted by atomic mass is 16.5. The van der Waals surface area contributed by atoms with Crippen LogP contribution in [0.2, 0.25) is 0 Å². The summed E-state index contributed by atoms with van der Waals surface area (Å²) in [4.78, 5) is 31.9. The normalized spacial score (nSPS) is 14.4. The molecular formula is C29H30N6O3. The number of nitrogens with one attached hydrogen (secondary N) is 2. The van der Waals surface area contributed by atoms with E-state index in [1.54, 1.807) is 0 Å². The van der Waals surface area contributed by atoms with Crippen LogP contribution in [0.5, 0.6) is 5.75 Å². The molecule has 38 heavy (non-hydrogen) atoms. The van der Waals surface area contributed by atoms with E-state index in [0.29, 0.717) is 18.8 Å². The van der Waals surface area contributed by atoms with E-state index in [1.165, 1.54) is 5.69 Å². The molecule has 1 aliphatic heterocycles. The molecule has 0 amide bonds. The third-order valence-electron chi connectivity index (χ3n) is 7.02. The first kappa shape index (κ1) is 24.0. The number of imidazole rings is 2. The molecule has 0 bridgehead atoms. The molecule has 0 spiro atoms. The summed E-state index contributed by atoms with van der Waals surface area (Å²) >= 11 is 0. The Morgan fingerprint density at radius 3 is 2.21 bits per heavy atom. The first-order valence-electron chi connectivity index (χ1n) is 12.9. The van der Waals surface area contributed by atoms with E-state index >= 15 is 0 Å². The van der Waals surface area contributed by atoms with Crippen LogP contribution in [0.15, 0.2) is 60.7 Å². The van der Waals surface area contributed by atoms with Gasteiger partial charge in [0.25, 0.3) is 0 Å². The van der Waals surface area contributed by atoms with Gasteiger partial charge in [0.2, 0.25) is 0 Å². The van der Waals surface area contributed by atoms with Crippen molar-refractivity contribution >= 4 is 33.7 Å². The number of carboxylic acids is 1. The number of likely N-dealkylation sites (N-methyl/N-ethyl adjacent to an activating group) is 1. The van der Waals surface area contributed by atoms with Crippen LogP contribution in [0.1, 0.15) is 12.8 Å². The van der Waals surface area contributed by atoms with E-state index in [4.69, 9.17) is 19.8 Å². The number of H-pyrrole nitrogens is 2. The Kier molecular flexibility index (Phi) is 6.43. The number of hydrogen-bond acceptors (Lipinski definition) is 6. The van der Waals surface area contributed by atoms with E-state index in [0.717, 1.165) is 71.0 Å². The van der Waals surface area contributed by atoms with Crippen molar-refractivity contribution in [2.24, 2.45) is 0 Å². The Morgan fingerprint density at radius 1 is 0.868 bits per heavy atom. The Balaban J connectivity index is 1.19. The molecule has 3 heterocycles. The molecule has 1 fully saturated rings. The van der Waals surface area contributed by atoms with Gasteiger partial charge in [0, 0.05) is 49.4 Å². The Hall–Kier alpha value is -4.37. The van der Waals surface area contributed by atoms with Crippen molar-refractivity contribution in [3.8, 4) is 28.5 Å². The zero-order valence-corrected chi connectivity index (χ0v) is 21.3. The second-order valence-electron chi connectivity index (χ2n) is 9.76. The maximum absolute atomic E-state index is 10.6. The second-order valence-corrected chi connectivity index (χ2v) is 9.76. The average Bonchev–Trinajstić information content (AvgIpc) is 3.55. The van der Waals surface area contributed by atoms with Crippen LogP contribution in [-0.2, 0) is 4.79 Å². The lowest BCUT2D eigenvalue weighted by molar-refractivity contribution is -0.137. The zero-order valence-electron chi connectivity index (χ0n) is 21.3. The predicted molar refractivity (Wildman–Crippen MR) is 149 cm³/mol. The number of hydrogen-bond donors (Lipinski definition) is 3. The number of aromatic nitrogens is 4. The molecular weight excluding hydrogens is 480 g/mol. The molecule has 0 aliphatic carbocycles. The number of piperazine rings is 1. The predicted octanol–water partition coefficient (Wildman–Crippen LogP) is 4.77. The maximum atomic E-state index is 10.6. The number of carbonyl (C=O) groups is 1. The highest BCUT2D eigenvalue weighted by molar-refractivity contribution is 5.87. The van der Waals surface area contributed by atoms with E-state index in [9.17, 15) is 4.79 Å². The largest absolute Gasteiger partial charge is 0.494 e. The van der Waals surface area contributed by atoms with E-state index in [1.807, 2.05) is 36.4 Å². The van der Waals surface area contributed by atoms with Gasteiger partial charge in [-0.2, -0.15) is 0 Å². The first-order chi connectivity index (χ1) is 18.5. The molecule has 1 aliphatic rings. The first-order valence-corrected chi connectivity index (χ1v) is 12.9. The van der Waals surface area contributed by atoms with Crippen LogP contribution < -0.4 is 9.64 Å². The Labute approximate surface area is 220 Å². The Bertz CT molecular complexity index is 1580. The fraction of sp³-hybridized carbons (Fsp3) is 0.276. The van der Waals surface area contributed by atoms with E-state index in [2.05, 4.69) is 51.1 Å². The van der Waals surface area contributed by atoms with Crippen molar-refractivity contribution < 1.29 is 14.6 Å². The van der Waals surface area contributed by atoms with Gasteiger partial charge in [-0.15, -0.1) is 0 Å². The van der Waals surface area contributed by atoms with Gasteiger partial charge in [0.1, 0.15) is 17.4 Å². The summed E-state index contributed by atoms with van der Waals surface area (Å²) in [6.45, 7) is 4.59. The average molecular weight is 511 g/mol. The smallest absolute Gasteiger partial charge is 0.303 e. The minimum Gasteiger partial charge on any atom is -0.494 e. The molecule has 194 valence electrons. The van der Waals surface area contributed by atoms with Gasteiger partial charge >= 0.3 is 5.97 Å². The zero-order chi connectivity index (χ0) is 26.1. The van der Waals surface area contributed by atoms with Gasteiger partial charge in [-0.25, -0.2) is 9.97 Å². The van der Waals surface area contributed by atoms with Crippen LogP contribution >= 0.6 is 0 Å². The van der Waals surface area contributed by atoms with Gasteiger partial charge in [-0.1, -0.05) is 0 Å². The van der Waals surface area contributed by atoms with Crippen LogP contribution in [0.25, 0.3) is 44.8 Å². The minimum atomic E-state index is -0.812. The van der Waals surface area contributed by atoms with Crippen molar-refractivity contribution in [2.75, 3.05) is 44.7 Å². The van der Waals surface area contributed by atoms with E-state index < -0.39 is 5.97 Å². The summed E-state index contributed by atoms with van der Waals surface area (Å²) in [5.41, 5.74) is 6.97. The lowest BCUT2D eigenvalue weighted by Crippen LogP contribution is -2.44. The second kappa shape index (κ2) is 10.2. The molecule has 3 aromatic carbocycles. The number of aromatic amines is 2. The van der Waals surface area contributed by atoms with E-state index in [-0.39, 0.29) is 6.42 Å². The number of fused-ring (bicyclic) bond motifs is 2. The van der Waals surface area contributed by atoms with Crippen molar-refractivity contribution in [2.45, 2.75) is 12.8 Å². The monoisotopic (exact) mass is 510 g/mol. The van der Waals surface area contributed by atoms with Crippen LogP contribution in [0.4, 0.5) is 5.69 Å². The molecule has 5 aromatic rings. The number of anilines is 1. The Morgan fingerprint density at radius 2 is 1.50 bits per heavy atom. The van der Waals surface area contributed by atoms with Crippen molar-refractivity contribution in [1.82, 2.24) is 24.8 Å². The molecule has 3 N–H and O–H groups in total. The van der Waals surface area contributed by atoms with Gasteiger partial charge < -0.3 is 29.6 Å². The third-order valence-corrected chi connectivity index (χ3v) is 7.02. The summed E-state index contributed by atoms with van der Waals surface area (Å²) in [6, 6.07) is 20.2. The summed E-state index contributed by atoms with van der Waals surface area (Å²) < 4.78 is 5.63. The molecule has 0 unspecified atom stereocenters. The SMILES string of the molecule is CN1CCN(c2ccc3nc(-c4ccc5nc(-c6ccc(OCCCC(=O)O)cc6)[nH]c5c4)[nH]c3c2)CC1. The number of carboxylic acid groups (broad SMARTS) is 1. The standard InChI is InChI=1S/C29H30N6O3/c1-34-12-14-35(15-13-34)21-7-11-24-26(18-21)33-29(31-24)20-6-10-23-25(17-20)32-28(30-23)19-4-8-22(9-5-19)38-16-2-3-27(36)37/h4-11,17-18H,2-3,12-16H2,1H3,(H,30,32)(H,31,33)(H,36,37). The molecule has 0 atom stereocenters. The minimum absolute atomic E-state index is 0.102. The number of ether oxygens (including phenoxy) is 1. The van der Waals surface area contributed by atoms with Crippen LogP contribution in [0, 0.1) is 0 Å². The number of rotatable bonds is 8. The highest BCUT2D eigenvalue weighted by Crippen LogP contribution is 2.28. The molecule has 6 rings (SSSR count). The highest BCUT2D eigenvalue weighted by Gasteiger charge is 2.16.